The molecule has 0 aromatic heterocycles. The minimum Gasteiger partial charge on any atom is -0.852 e. The van der Waals surface area contributed by atoms with Crippen molar-refractivity contribution >= 4 is 0 Å². The van der Waals surface area contributed by atoms with Gasteiger partial charge in [-0.05, 0) is 0 Å². The fourth-order valence-corrected chi connectivity index (χ4v) is 0. The fraction of sp³-hybridized carbons (Fsp3) is 1.00. The topological polar surface area (TPSA) is 46.1 Å². The molecule has 52 valence electrons. The largest absolute Gasteiger partial charge is 4.00 e. The molecule has 0 radical (unpaired) electrons. The van der Waals surface area contributed by atoms with E-state index in [1.807, 2.05) is 0 Å². The summed E-state index contributed by atoms with van der Waals surface area (Å²) in [5, 5.41) is 19.1. The SMILES string of the molecule is CC(C)[O-].CC(C)[O-].[Ti+4]. The summed E-state index contributed by atoms with van der Waals surface area (Å²) in [7, 11) is 0. The fourth-order valence-electron chi connectivity index (χ4n) is 0. The maximum atomic E-state index is 9.53. The molecule has 0 rings (SSSR count). The Kier molecular flexibility index (Phi) is 20.7. The molecule has 3 heteroatoms. The molecular weight excluding hydrogens is 152 g/mol. The van der Waals surface area contributed by atoms with Gasteiger partial charge in [-0.3, -0.25) is 0 Å². The molecule has 2 nitrogen and oxygen atoms in total. The van der Waals surface area contributed by atoms with E-state index in [0.29, 0.717) is 0 Å². The van der Waals surface area contributed by atoms with Gasteiger partial charge in [0, 0.05) is 0 Å². The summed E-state index contributed by atoms with van der Waals surface area (Å²) in [6.07, 6.45) is -0.833. The molecule has 0 saturated heterocycles. The van der Waals surface area contributed by atoms with E-state index in [4.69, 9.17) is 0 Å². The molecule has 0 aromatic rings. The molecule has 0 N–H and O–H groups in total. The van der Waals surface area contributed by atoms with E-state index in [-0.39, 0.29) is 21.7 Å². The summed E-state index contributed by atoms with van der Waals surface area (Å²) in [4.78, 5) is 0. The average molecular weight is 166 g/mol. The van der Waals surface area contributed by atoms with E-state index < -0.39 is 12.2 Å². The van der Waals surface area contributed by atoms with Gasteiger partial charge in [-0.15, -0.1) is 12.2 Å². The van der Waals surface area contributed by atoms with Gasteiger partial charge in [0.2, 0.25) is 0 Å². The third kappa shape index (κ3) is 945. The van der Waals surface area contributed by atoms with Crippen molar-refractivity contribution < 1.29 is 31.9 Å². The molecule has 0 heterocycles. The Balaban J connectivity index is -0.0000000720. The Morgan fingerprint density at radius 2 is 0.778 bits per heavy atom. The van der Waals surface area contributed by atoms with Gasteiger partial charge in [-0.2, -0.15) is 0 Å². The van der Waals surface area contributed by atoms with Crippen LogP contribution in [0.4, 0.5) is 0 Å². The van der Waals surface area contributed by atoms with Crippen LogP contribution in [0.2, 0.25) is 0 Å². The smallest absolute Gasteiger partial charge is 0.852 e. The van der Waals surface area contributed by atoms with Gasteiger partial charge in [-0.1, -0.05) is 27.7 Å². The Morgan fingerprint density at radius 1 is 0.778 bits per heavy atom. The minimum atomic E-state index is -0.417. The first-order chi connectivity index (χ1) is 3.46. The monoisotopic (exact) mass is 166 g/mol. The molecule has 0 atom stereocenters. The van der Waals surface area contributed by atoms with Gasteiger partial charge >= 0.3 is 21.7 Å². The molecule has 0 bridgehead atoms. The van der Waals surface area contributed by atoms with Gasteiger partial charge in [0.1, 0.15) is 0 Å². The molecule has 0 aromatic carbocycles. The molecule has 0 spiro atoms. The Bertz CT molecular complexity index is 26.5. The zero-order valence-electron chi connectivity index (χ0n) is 6.47. The molecule has 0 aliphatic heterocycles. The Labute approximate surface area is 72.2 Å². The van der Waals surface area contributed by atoms with E-state index >= 15 is 0 Å². The second-order valence-electron chi connectivity index (χ2n) is 2.10. The van der Waals surface area contributed by atoms with E-state index in [9.17, 15) is 10.2 Å². The van der Waals surface area contributed by atoms with Gasteiger partial charge in [0.05, 0.1) is 0 Å². The number of rotatable bonds is 0. The average Bonchev–Trinajstić information content (AvgIpc) is 1.25. The molecule has 9 heavy (non-hydrogen) atoms. The summed E-state index contributed by atoms with van der Waals surface area (Å²) < 4.78 is 0. The van der Waals surface area contributed by atoms with Crippen LogP contribution < -0.4 is 10.2 Å². The summed E-state index contributed by atoms with van der Waals surface area (Å²) in [6.45, 7) is 6.44. The van der Waals surface area contributed by atoms with E-state index in [0.717, 1.165) is 0 Å². The van der Waals surface area contributed by atoms with Crippen molar-refractivity contribution in [2.45, 2.75) is 39.9 Å². The van der Waals surface area contributed by atoms with Crippen LogP contribution in [0, 0.1) is 0 Å². The second kappa shape index (κ2) is 11.4. The van der Waals surface area contributed by atoms with Crippen LogP contribution in [0.25, 0.3) is 0 Å². The summed E-state index contributed by atoms with van der Waals surface area (Å²) in [6, 6.07) is 0. The van der Waals surface area contributed by atoms with Crippen molar-refractivity contribution in [3.05, 3.63) is 0 Å². The predicted octanol–water partition coefficient (Wildman–Crippen LogP) is -0.492. The van der Waals surface area contributed by atoms with Crippen molar-refractivity contribution in [3.63, 3.8) is 0 Å². The summed E-state index contributed by atoms with van der Waals surface area (Å²) in [5.74, 6) is 0. The number of hydrogen-bond acceptors (Lipinski definition) is 2. The normalized spacial score (nSPS) is 8.00. The van der Waals surface area contributed by atoms with Crippen LogP contribution in [0.5, 0.6) is 0 Å². The van der Waals surface area contributed by atoms with E-state index in [1.54, 1.807) is 27.7 Å². The first-order valence-electron chi connectivity index (χ1n) is 2.78. The third-order valence-corrected chi connectivity index (χ3v) is 0. The molecular formula is C6H14O2Ti+2. The van der Waals surface area contributed by atoms with Gasteiger partial charge < -0.3 is 10.2 Å². The maximum Gasteiger partial charge on any atom is 4.00 e. The van der Waals surface area contributed by atoms with Crippen LogP contribution in [-0.4, -0.2) is 12.2 Å². The second-order valence-corrected chi connectivity index (χ2v) is 2.10. The van der Waals surface area contributed by atoms with Gasteiger partial charge in [0.25, 0.3) is 0 Å². The van der Waals surface area contributed by atoms with Crippen LogP contribution in [0.15, 0.2) is 0 Å². The maximum absolute atomic E-state index is 9.53. The first-order valence-corrected chi connectivity index (χ1v) is 2.78. The van der Waals surface area contributed by atoms with Crippen LogP contribution in [0.1, 0.15) is 27.7 Å². The van der Waals surface area contributed by atoms with Crippen molar-refractivity contribution in [2.75, 3.05) is 0 Å². The number of hydrogen-bond donors (Lipinski definition) is 0. The zero-order chi connectivity index (χ0) is 7.15. The van der Waals surface area contributed by atoms with Gasteiger partial charge in [-0.25, -0.2) is 0 Å². The standard InChI is InChI=1S/2C3H7O.Ti/c2*1-3(2)4;/h2*3H,1-2H3;/q2*-1;+4. The van der Waals surface area contributed by atoms with Crippen LogP contribution in [-0.2, 0) is 21.7 Å². The van der Waals surface area contributed by atoms with E-state index in [1.165, 1.54) is 0 Å². The van der Waals surface area contributed by atoms with Crippen molar-refractivity contribution in [3.8, 4) is 0 Å². The molecule has 0 amide bonds. The van der Waals surface area contributed by atoms with Crippen LogP contribution >= 0.6 is 0 Å². The minimum absolute atomic E-state index is 0. The molecule has 0 unspecified atom stereocenters. The van der Waals surface area contributed by atoms with Crippen molar-refractivity contribution in [1.29, 1.82) is 0 Å². The Hall–Kier alpha value is 0.634. The van der Waals surface area contributed by atoms with Crippen molar-refractivity contribution in [2.24, 2.45) is 0 Å². The van der Waals surface area contributed by atoms with Crippen molar-refractivity contribution in [1.82, 2.24) is 0 Å². The third-order valence-electron chi connectivity index (χ3n) is 0. The molecule has 0 saturated carbocycles. The summed E-state index contributed by atoms with van der Waals surface area (Å²) in [5.41, 5.74) is 0. The zero-order valence-corrected chi connectivity index (χ0v) is 8.03. The van der Waals surface area contributed by atoms with E-state index in [2.05, 4.69) is 0 Å². The molecule has 0 fully saturated rings. The van der Waals surface area contributed by atoms with Crippen LogP contribution in [0.3, 0.4) is 0 Å². The van der Waals surface area contributed by atoms with Gasteiger partial charge in [0.15, 0.2) is 0 Å². The Morgan fingerprint density at radius 3 is 0.778 bits per heavy atom. The molecule has 0 aliphatic rings. The quantitative estimate of drug-likeness (QED) is 0.455. The predicted molar refractivity (Wildman–Crippen MR) is 30.3 cm³/mol. The summed E-state index contributed by atoms with van der Waals surface area (Å²) >= 11 is 0. The molecule has 0 aliphatic carbocycles. The first kappa shape index (κ1) is 16.3.